The van der Waals surface area contributed by atoms with Crippen LogP contribution in [0.5, 0.6) is 0 Å². The highest BCUT2D eigenvalue weighted by Crippen LogP contribution is 2.52. The molecular weight excluding hydrogens is 229 g/mol. The fourth-order valence-corrected chi connectivity index (χ4v) is 4.31. The minimum Gasteiger partial charge on any atom is -0.301 e. The van der Waals surface area contributed by atoms with E-state index in [0.29, 0.717) is 5.92 Å². The van der Waals surface area contributed by atoms with Crippen molar-refractivity contribution in [1.82, 2.24) is 5.09 Å². The van der Waals surface area contributed by atoms with Crippen LogP contribution in [0.3, 0.4) is 0 Å². The Morgan fingerprint density at radius 1 is 1.18 bits per heavy atom. The summed E-state index contributed by atoms with van der Waals surface area (Å²) in [4.78, 5) is 0. The van der Waals surface area contributed by atoms with Gasteiger partial charge in [-0.2, -0.15) is 0 Å². The van der Waals surface area contributed by atoms with Crippen LogP contribution in [-0.2, 0) is 4.57 Å². The average Bonchev–Trinajstić information content (AvgIpc) is 2.25. The van der Waals surface area contributed by atoms with Crippen LogP contribution in [0.1, 0.15) is 34.6 Å². The van der Waals surface area contributed by atoms with Gasteiger partial charge in [0.15, 0.2) is 7.29 Å². The molecule has 0 spiro atoms. The van der Waals surface area contributed by atoms with E-state index in [1.807, 2.05) is 51.1 Å². The SMILES string of the molecule is CC(C)CN[P@@](=O)(c1ccccc1)C(C)(C)C. The highest BCUT2D eigenvalue weighted by Gasteiger charge is 2.37. The van der Waals surface area contributed by atoms with Gasteiger partial charge in [-0.3, -0.25) is 5.09 Å². The van der Waals surface area contributed by atoms with Crippen molar-refractivity contribution in [3.05, 3.63) is 30.3 Å². The summed E-state index contributed by atoms with van der Waals surface area (Å²) in [5.41, 5.74) is 0. The number of nitrogens with one attached hydrogen (secondary N) is 1. The van der Waals surface area contributed by atoms with Crippen LogP contribution >= 0.6 is 7.29 Å². The van der Waals surface area contributed by atoms with Gasteiger partial charge in [0.2, 0.25) is 0 Å². The van der Waals surface area contributed by atoms with Gasteiger partial charge in [0.1, 0.15) is 0 Å². The Morgan fingerprint density at radius 3 is 2.12 bits per heavy atom. The summed E-state index contributed by atoms with van der Waals surface area (Å²) in [5, 5.41) is 3.97. The number of hydrogen-bond donors (Lipinski definition) is 1. The van der Waals surface area contributed by atoms with E-state index in [-0.39, 0.29) is 5.16 Å². The smallest absolute Gasteiger partial charge is 0.181 e. The number of rotatable bonds is 4. The summed E-state index contributed by atoms with van der Waals surface area (Å²) in [5.74, 6) is 0.495. The van der Waals surface area contributed by atoms with Gasteiger partial charge in [0.05, 0.1) is 0 Å². The largest absolute Gasteiger partial charge is 0.301 e. The highest BCUT2D eigenvalue weighted by atomic mass is 31.2. The standard InChI is InChI=1S/C14H24NOP/c1-12(2)11-15-17(16,14(3,4)5)13-9-7-6-8-10-13/h6-10,12H,11H2,1-5H3,(H,15,16)/t17-/m1/s1. The van der Waals surface area contributed by atoms with E-state index in [4.69, 9.17) is 0 Å². The molecule has 1 N–H and O–H groups in total. The van der Waals surface area contributed by atoms with E-state index in [0.717, 1.165) is 11.8 Å². The maximum absolute atomic E-state index is 13.2. The fraction of sp³-hybridized carbons (Fsp3) is 0.571. The molecule has 1 aromatic rings. The molecule has 0 saturated carbocycles. The van der Waals surface area contributed by atoms with Crippen LogP contribution in [0.15, 0.2) is 30.3 Å². The van der Waals surface area contributed by atoms with Crippen molar-refractivity contribution in [3.8, 4) is 0 Å². The van der Waals surface area contributed by atoms with Crippen molar-refractivity contribution >= 4 is 12.6 Å². The molecule has 2 nitrogen and oxygen atoms in total. The first-order valence-electron chi connectivity index (χ1n) is 6.18. The molecule has 1 rings (SSSR count). The Morgan fingerprint density at radius 2 is 1.71 bits per heavy atom. The van der Waals surface area contributed by atoms with E-state index in [2.05, 4.69) is 18.9 Å². The lowest BCUT2D eigenvalue weighted by atomic mass is 10.2. The molecule has 0 radical (unpaired) electrons. The zero-order valence-electron chi connectivity index (χ0n) is 11.5. The van der Waals surface area contributed by atoms with Gasteiger partial charge in [-0.05, 0) is 5.92 Å². The lowest BCUT2D eigenvalue weighted by Gasteiger charge is -2.33. The Kier molecular flexibility index (Phi) is 4.57. The zero-order chi connectivity index (χ0) is 13.1. The predicted molar refractivity (Wildman–Crippen MR) is 76.3 cm³/mol. The summed E-state index contributed by atoms with van der Waals surface area (Å²) in [7, 11) is -2.56. The molecule has 0 aliphatic rings. The third-order valence-electron chi connectivity index (χ3n) is 2.79. The second-order valence-corrected chi connectivity index (χ2v) is 9.26. The van der Waals surface area contributed by atoms with Crippen LogP contribution in [0.2, 0.25) is 0 Å². The number of hydrogen-bond acceptors (Lipinski definition) is 1. The van der Waals surface area contributed by atoms with Crippen LogP contribution in [0.25, 0.3) is 0 Å². The highest BCUT2D eigenvalue weighted by molar-refractivity contribution is 7.71. The minimum atomic E-state index is -2.56. The lowest BCUT2D eigenvalue weighted by molar-refractivity contribution is 0.531. The Bertz CT molecular complexity index is 392. The zero-order valence-corrected chi connectivity index (χ0v) is 12.4. The molecule has 0 unspecified atom stereocenters. The maximum atomic E-state index is 13.2. The summed E-state index contributed by atoms with van der Waals surface area (Å²) >= 11 is 0. The van der Waals surface area contributed by atoms with Gasteiger partial charge in [-0.1, -0.05) is 65.0 Å². The van der Waals surface area contributed by atoms with E-state index in [1.165, 1.54) is 0 Å². The molecule has 17 heavy (non-hydrogen) atoms. The average molecular weight is 253 g/mol. The molecule has 1 aromatic carbocycles. The number of benzene rings is 1. The summed E-state index contributed by atoms with van der Waals surface area (Å²) in [6.45, 7) is 11.1. The van der Waals surface area contributed by atoms with Gasteiger partial charge in [0, 0.05) is 17.0 Å². The quantitative estimate of drug-likeness (QED) is 0.830. The van der Waals surface area contributed by atoms with Crippen LogP contribution in [0.4, 0.5) is 0 Å². The molecule has 0 amide bonds. The Hall–Kier alpha value is -0.590. The molecular formula is C14H24NOP. The van der Waals surface area contributed by atoms with Gasteiger partial charge < -0.3 is 4.57 Å². The summed E-state index contributed by atoms with van der Waals surface area (Å²) in [6.07, 6.45) is 0. The third kappa shape index (κ3) is 3.43. The second kappa shape index (κ2) is 5.37. The van der Waals surface area contributed by atoms with E-state index in [9.17, 15) is 4.57 Å². The van der Waals surface area contributed by atoms with Gasteiger partial charge >= 0.3 is 0 Å². The van der Waals surface area contributed by atoms with E-state index < -0.39 is 7.29 Å². The Labute approximate surface area is 105 Å². The van der Waals surface area contributed by atoms with Crippen molar-refractivity contribution in [2.45, 2.75) is 39.8 Å². The topological polar surface area (TPSA) is 29.1 Å². The van der Waals surface area contributed by atoms with E-state index in [1.54, 1.807) is 0 Å². The molecule has 0 saturated heterocycles. The van der Waals surface area contributed by atoms with Crippen molar-refractivity contribution in [2.24, 2.45) is 5.92 Å². The summed E-state index contributed by atoms with van der Waals surface area (Å²) < 4.78 is 13.2. The van der Waals surface area contributed by atoms with Crippen LogP contribution in [0, 0.1) is 5.92 Å². The predicted octanol–water partition coefficient (Wildman–Crippen LogP) is 3.63. The summed E-state index contributed by atoms with van der Waals surface area (Å²) in [6, 6.07) is 9.77. The second-order valence-electron chi connectivity index (χ2n) is 5.87. The normalized spacial score (nSPS) is 15.9. The molecule has 0 fully saturated rings. The Balaban J connectivity index is 3.08. The molecule has 0 heterocycles. The first-order valence-corrected chi connectivity index (χ1v) is 7.89. The van der Waals surface area contributed by atoms with Crippen molar-refractivity contribution in [3.63, 3.8) is 0 Å². The minimum absolute atomic E-state index is 0.261. The van der Waals surface area contributed by atoms with E-state index >= 15 is 0 Å². The molecule has 0 aromatic heterocycles. The molecule has 1 atom stereocenters. The monoisotopic (exact) mass is 253 g/mol. The molecule has 96 valence electrons. The molecule has 0 bridgehead atoms. The van der Waals surface area contributed by atoms with Crippen molar-refractivity contribution in [2.75, 3.05) is 6.54 Å². The maximum Gasteiger partial charge on any atom is 0.181 e. The van der Waals surface area contributed by atoms with Crippen LogP contribution < -0.4 is 10.4 Å². The van der Waals surface area contributed by atoms with Crippen molar-refractivity contribution in [1.29, 1.82) is 0 Å². The first-order chi connectivity index (χ1) is 7.77. The molecule has 3 heteroatoms. The lowest BCUT2D eigenvalue weighted by Crippen LogP contribution is -2.34. The van der Waals surface area contributed by atoms with Crippen molar-refractivity contribution < 1.29 is 4.57 Å². The van der Waals surface area contributed by atoms with Crippen LogP contribution in [-0.4, -0.2) is 11.7 Å². The van der Waals surface area contributed by atoms with Gasteiger partial charge in [-0.25, -0.2) is 0 Å². The fourth-order valence-electron chi connectivity index (χ4n) is 1.66. The van der Waals surface area contributed by atoms with Gasteiger partial charge in [0.25, 0.3) is 0 Å². The molecule has 0 aliphatic heterocycles. The molecule has 0 aliphatic carbocycles. The van der Waals surface area contributed by atoms with Gasteiger partial charge in [-0.15, -0.1) is 0 Å². The third-order valence-corrected chi connectivity index (χ3v) is 6.33. The first kappa shape index (κ1) is 14.5.